The highest BCUT2D eigenvalue weighted by Gasteiger charge is 2.10. The minimum atomic E-state index is 0.119. The van der Waals surface area contributed by atoms with Gasteiger partial charge in [-0.25, -0.2) is 4.98 Å². The fraction of sp³-hybridized carbons (Fsp3) is 0.250. The maximum atomic E-state index is 5.97. The van der Waals surface area contributed by atoms with Crippen LogP contribution in [-0.4, -0.2) is 12.1 Å². The van der Waals surface area contributed by atoms with E-state index in [9.17, 15) is 0 Å². The molecule has 0 amide bonds. The summed E-state index contributed by atoms with van der Waals surface area (Å²) in [4.78, 5) is 4.27. The zero-order chi connectivity index (χ0) is 12.3. The van der Waals surface area contributed by atoms with E-state index in [-0.39, 0.29) is 6.04 Å². The van der Waals surface area contributed by atoms with E-state index in [1.54, 1.807) is 24.5 Å². The number of aromatic nitrogens is 1. The van der Waals surface area contributed by atoms with Gasteiger partial charge in [0, 0.05) is 10.4 Å². The molecule has 0 aliphatic carbocycles. The zero-order valence-corrected chi connectivity index (χ0v) is 11.2. The first kappa shape index (κ1) is 12.2. The second-order valence-electron chi connectivity index (χ2n) is 3.62. The highest BCUT2D eigenvalue weighted by molar-refractivity contribution is 7.07. The maximum Gasteiger partial charge on any atom is 0.142 e. The molecule has 1 aromatic carbocycles. The van der Waals surface area contributed by atoms with Crippen LogP contribution in [0.3, 0.4) is 0 Å². The van der Waals surface area contributed by atoms with E-state index in [0.29, 0.717) is 5.02 Å². The van der Waals surface area contributed by atoms with Crippen LogP contribution < -0.4 is 10.1 Å². The number of benzene rings is 1. The Bertz CT molecular complexity index is 487. The van der Waals surface area contributed by atoms with Crippen molar-refractivity contribution in [3.05, 3.63) is 39.8 Å². The Morgan fingerprint density at radius 1 is 1.47 bits per heavy atom. The van der Waals surface area contributed by atoms with Gasteiger partial charge in [0.05, 0.1) is 30.0 Å². The molecule has 90 valence electrons. The summed E-state index contributed by atoms with van der Waals surface area (Å²) >= 11 is 7.56. The monoisotopic (exact) mass is 268 g/mol. The molecule has 2 rings (SSSR count). The first-order valence-electron chi connectivity index (χ1n) is 5.19. The number of thiazole rings is 1. The van der Waals surface area contributed by atoms with Crippen molar-refractivity contribution in [3.8, 4) is 5.75 Å². The fourth-order valence-corrected chi connectivity index (χ4v) is 2.36. The first-order valence-corrected chi connectivity index (χ1v) is 6.51. The van der Waals surface area contributed by atoms with Crippen LogP contribution in [0.1, 0.15) is 18.7 Å². The molecule has 5 heteroatoms. The number of ether oxygens (including phenoxy) is 1. The summed E-state index contributed by atoms with van der Waals surface area (Å²) in [6.45, 7) is 2.05. The van der Waals surface area contributed by atoms with Gasteiger partial charge in [0.2, 0.25) is 0 Å². The van der Waals surface area contributed by atoms with Crippen molar-refractivity contribution < 1.29 is 4.74 Å². The van der Waals surface area contributed by atoms with Crippen LogP contribution in [0.15, 0.2) is 29.1 Å². The topological polar surface area (TPSA) is 34.1 Å². The Morgan fingerprint density at radius 3 is 2.94 bits per heavy atom. The minimum absolute atomic E-state index is 0.119. The highest BCUT2D eigenvalue weighted by atomic mass is 35.5. The molecule has 1 N–H and O–H groups in total. The predicted molar refractivity (Wildman–Crippen MR) is 72.2 cm³/mol. The van der Waals surface area contributed by atoms with E-state index >= 15 is 0 Å². The SMILES string of the molecule is COc1ccc(Cl)cc1NC(C)c1cscn1. The van der Waals surface area contributed by atoms with Crippen LogP contribution >= 0.6 is 22.9 Å². The average Bonchev–Trinajstić information content (AvgIpc) is 2.83. The van der Waals surface area contributed by atoms with E-state index in [2.05, 4.69) is 17.2 Å². The van der Waals surface area contributed by atoms with Gasteiger partial charge in [-0.1, -0.05) is 11.6 Å². The molecule has 0 spiro atoms. The second-order valence-corrected chi connectivity index (χ2v) is 4.78. The zero-order valence-electron chi connectivity index (χ0n) is 9.61. The molecule has 1 heterocycles. The van der Waals surface area contributed by atoms with Gasteiger partial charge in [0.15, 0.2) is 0 Å². The molecule has 0 bridgehead atoms. The molecule has 2 aromatic rings. The van der Waals surface area contributed by atoms with Crippen molar-refractivity contribution in [3.63, 3.8) is 0 Å². The lowest BCUT2D eigenvalue weighted by atomic mass is 10.2. The maximum absolute atomic E-state index is 5.97. The number of nitrogens with zero attached hydrogens (tertiary/aromatic N) is 1. The Morgan fingerprint density at radius 2 is 2.29 bits per heavy atom. The van der Waals surface area contributed by atoms with E-state index < -0.39 is 0 Å². The second kappa shape index (κ2) is 5.38. The van der Waals surface area contributed by atoms with E-state index in [1.807, 2.05) is 23.0 Å². The number of anilines is 1. The van der Waals surface area contributed by atoms with Crippen LogP contribution in [0.5, 0.6) is 5.75 Å². The summed E-state index contributed by atoms with van der Waals surface area (Å²) < 4.78 is 5.28. The van der Waals surface area contributed by atoms with Gasteiger partial charge in [-0.15, -0.1) is 11.3 Å². The average molecular weight is 269 g/mol. The molecule has 1 atom stereocenters. The largest absolute Gasteiger partial charge is 0.495 e. The Labute approximate surface area is 109 Å². The summed E-state index contributed by atoms with van der Waals surface area (Å²) in [6, 6.07) is 5.62. The van der Waals surface area contributed by atoms with Crippen molar-refractivity contribution in [2.45, 2.75) is 13.0 Å². The molecule has 0 aliphatic heterocycles. The van der Waals surface area contributed by atoms with Gasteiger partial charge >= 0.3 is 0 Å². The Hall–Kier alpha value is -1.26. The van der Waals surface area contributed by atoms with Crippen molar-refractivity contribution >= 4 is 28.6 Å². The minimum Gasteiger partial charge on any atom is -0.495 e. The van der Waals surface area contributed by atoms with Crippen LogP contribution in [-0.2, 0) is 0 Å². The van der Waals surface area contributed by atoms with Gasteiger partial charge in [0.25, 0.3) is 0 Å². The normalized spacial score (nSPS) is 12.2. The number of hydrogen-bond acceptors (Lipinski definition) is 4. The van der Waals surface area contributed by atoms with Gasteiger partial charge in [0.1, 0.15) is 5.75 Å². The quantitative estimate of drug-likeness (QED) is 0.911. The summed E-state index contributed by atoms with van der Waals surface area (Å²) in [5.74, 6) is 0.775. The summed E-state index contributed by atoms with van der Waals surface area (Å²) in [5.41, 5.74) is 3.71. The molecule has 17 heavy (non-hydrogen) atoms. The Kier molecular flexibility index (Phi) is 3.86. The molecular weight excluding hydrogens is 256 g/mol. The van der Waals surface area contributed by atoms with Gasteiger partial charge in [-0.2, -0.15) is 0 Å². The number of halogens is 1. The van der Waals surface area contributed by atoms with Gasteiger partial charge in [-0.05, 0) is 25.1 Å². The summed E-state index contributed by atoms with van der Waals surface area (Å²) in [5, 5.41) is 6.04. The third-order valence-corrected chi connectivity index (χ3v) is 3.27. The lowest BCUT2D eigenvalue weighted by Gasteiger charge is -2.16. The molecule has 0 saturated carbocycles. The molecule has 0 saturated heterocycles. The molecule has 3 nitrogen and oxygen atoms in total. The van der Waals surface area contributed by atoms with Crippen molar-refractivity contribution in [2.75, 3.05) is 12.4 Å². The summed E-state index contributed by atoms with van der Waals surface area (Å²) in [7, 11) is 1.64. The van der Waals surface area contributed by atoms with Crippen molar-refractivity contribution in [2.24, 2.45) is 0 Å². The van der Waals surface area contributed by atoms with Crippen molar-refractivity contribution in [1.29, 1.82) is 0 Å². The third kappa shape index (κ3) is 2.90. The Balaban J connectivity index is 2.20. The van der Waals surface area contributed by atoms with Gasteiger partial charge in [-0.3, -0.25) is 0 Å². The lowest BCUT2D eigenvalue weighted by molar-refractivity contribution is 0.416. The third-order valence-electron chi connectivity index (χ3n) is 2.43. The number of nitrogens with one attached hydrogen (secondary N) is 1. The standard InChI is InChI=1S/C12H13ClN2OS/c1-8(11-6-17-7-14-11)15-10-5-9(13)3-4-12(10)16-2/h3-8,15H,1-2H3. The summed E-state index contributed by atoms with van der Waals surface area (Å²) in [6.07, 6.45) is 0. The van der Waals surface area contributed by atoms with Crippen molar-refractivity contribution in [1.82, 2.24) is 4.98 Å². The number of methoxy groups -OCH3 is 1. The van der Waals surface area contributed by atoms with Gasteiger partial charge < -0.3 is 10.1 Å². The van der Waals surface area contributed by atoms with E-state index in [4.69, 9.17) is 16.3 Å². The van der Waals surface area contributed by atoms with E-state index in [1.165, 1.54) is 0 Å². The molecule has 0 fully saturated rings. The van der Waals surface area contributed by atoms with E-state index in [0.717, 1.165) is 17.1 Å². The first-order chi connectivity index (χ1) is 8.20. The molecule has 1 aromatic heterocycles. The highest BCUT2D eigenvalue weighted by Crippen LogP contribution is 2.30. The lowest BCUT2D eigenvalue weighted by Crippen LogP contribution is -2.07. The van der Waals surface area contributed by atoms with Crippen LogP contribution in [0.25, 0.3) is 0 Å². The predicted octanol–water partition coefficient (Wildman–Crippen LogP) is 3.98. The molecule has 0 aliphatic rings. The molecule has 0 radical (unpaired) electrons. The van der Waals surface area contributed by atoms with Crippen LogP contribution in [0.4, 0.5) is 5.69 Å². The smallest absolute Gasteiger partial charge is 0.142 e. The molecule has 1 unspecified atom stereocenters. The number of hydrogen-bond donors (Lipinski definition) is 1. The molecular formula is C12H13ClN2OS. The number of rotatable bonds is 4. The van der Waals surface area contributed by atoms with Crippen LogP contribution in [0.2, 0.25) is 5.02 Å². The van der Waals surface area contributed by atoms with Crippen LogP contribution in [0, 0.1) is 0 Å². The fourth-order valence-electron chi connectivity index (χ4n) is 1.54.